The SMILES string of the molecule is CC=C(OC)C(C)CCCC(C=CC(=O)c1ccc(C(=O)C2=CCCC=C2)cc1)=CCOC. The fourth-order valence-corrected chi connectivity index (χ4v) is 3.82. The van der Waals surface area contributed by atoms with E-state index in [-0.39, 0.29) is 11.6 Å². The minimum absolute atomic E-state index is 0.00551. The van der Waals surface area contributed by atoms with Gasteiger partial charge < -0.3 is 9.47 Å². The zero-order chi connectivity index (χ0) is 24.1. The summed E-state index contributed by atoms with van der Waals surface area (Å²) in [4.78, 5) is 25.3. The second-order valence-corrected chi connectivity index (χ2v) is 8.17. The Morgan fingerprint density at radius 3 is 2.39 bits per heavy atom. The van der Waals surface area contributed by atoms with Gasteiger partial charge in [0.1, 0.15) is 0 Å². The van der Waals surface area contributed by atoms with Crippen molar-refractivity contribution in [1.29, 1.82) is 0 Å². The molecule has 1 aliphatic carbocycles. The Bertz CT molecular complexity index is 942. The number of methoxy groups -OCH3 is 2. The molecule has 1 aliphatic rings. The predicted molar refractivity (Wildman–Crippen MR) is 134 cm³/mol. The van der Waals surface area contributed by atoms with E-state index in [0.29, 0.717) is 23.7 Å². The Labute approximate surface area is 198 Å². The maximum Gasteiger partial charge on any atom is 0.192 e. The number of Topliss-reactive ketones (excluding diaryl/α,β-unsaturated/α-hetero) is 1. The minimum Gasteiger partial charge on any atom is -0.501 e. The summed E-state index contributed by atoms with van der Waals surface area (Å²) in [6, 6.07) is 6.89. The average Bonchev–Trinajstić information content (AvgIpc) is 2.86. The summed E-state index contributed by atoms with van der Waals surface area (Å²) in [6.07, 6.45) is 18.0. The largest absolute Gasteiger partial charge is 0.501 e. The van der Waals surface area contributed by atoms with Crippen molar-refractivity contribution in [2.45, 2.75) is 46.0 Å². The van der Waals surface area contributed by atoms with Crippen molar-refractivity contribution in [2.24, 2.45) is 5.92 Å². The van der Waals surface area contributed by atoms with E-state index in [4.69, 9.17) is 9.47 Å². The van der Waals surface area contributed by atoms with Crippen LogP contribution in [-0.4, -0.2) is 32.4 Å². The molecular formula is C29H36O4. The molecule has 0 saturated carbocycles. The number of ketones is 2. The van der Waals surface area contributed by atoms with Crippen molar-refractivity contribution in [3.05, 3.63) is 94.8 Å². The van der Waals surface area contributed by atoms with Crippen LogP contribution >= 0.6 is 0 Å². The fourth-order valence-electron chi connectivity index (χ4n) is 3.82. The topological polar surface area (TPSA) is 52.6 Å². The molecule has 1 aromatic rings. The number of ether oxygens (including phenoxy) is 2. The van der Waals surface area contributed by atoms with Gasteiger partial charge in [-0.1, -0.05) is 61.6 Å². The van der Waals surface area contributed by atoms with E-state index in [1.165, 1.54) is 0 Å². The lowest BCUT2D eigenvalue weighted by Crippen LogP contribution is -2.04. The highest BCUT2D eigenvalue weighted by Gasteiger charge is 2.12. The molecule has 0 heterocycles. The minimum atomic E-state index is -0.0851. The van der Waals surface area contributed by atoms with E-state index in [1.54, 1.807) is 44.6 Å². The summed E-state index contributed by atoms with van der Waals surface area (Å²) in [5.41, 5.74) is 2.95. The van der Waals surface area contributed by atoms with Crippen LogP contribution in [0.2, 0.25) is 0 Å². The molecule has 0 radical (unpaired) electrons. The van der Waals surface area contributed by atoms with Crippen molar-refractivity contribution in [2.75, 3.05) is 20.8 Å². The predicted octanol–water partition coefficient (Wildman–Crippen LogP) is 6.81. The van der Waals surface area contributed by atoms with Crippen LogP contribution < -0.4 is 0 Å². The van der Waals surface area contributed by atoms with Crippen LogP contribution in [-0.2, 0) is 9.47 Å². The Morgan fingerprint density at radius 2 is 1.79 bits per heavy atom. The standard InChI is InChI=1S/C29H36O4/c1-5-28(33-4)22(2)10-9-11-23(20-21-32-3)14-19-27(30)24-15-17-26(18-16-24)29(31)25-12-7-6-8-13-25/h5,7,12-20,22H,6,8-11,21H2,1-4H3. The highest BCUT2D eigenvalue weighted by molar-refractivity contribution is 6.11. The highest BCUT2D eigenvalue weighted by Crippen LogP contribution is 2.21. The van der Waals surface area contributed by atoms with E-state index >= 15 is 0 Å². The van der Waals surface area contributed by atoms with Crippen LogP contribution in [0.15, 0.2) is 83.7 Å². The van der Waals surface area contributed by atoms with Crippen molar-refractivity contribution in [3.63, 3.8) is 0 Å². The van der Waals surface area contributed by atoms with Crippen molar-refractivity contribution in [3.8, 4) is 0 Å². The summed E-state index contributed by atoms with van der Waals surface area (Å²) >= 11 is 0. The first-order chi connectivity index (χ1) is 16.0. The number of rotatable bonds is 13. The van der Waals surface area contributed by atoms with Crippen molar-refractivity contribution >= 4 is 11.6 Å². The number of carbonyl (C=O) groups is 2. The summed E-state index contributed by atoms with van der Waals surface area (Å²) < 4.78 is 10.6. The monoisotopic (exact) mass is 448 g/mol. The summed E-state index contributed by atoms with van der Waals surface area (Å²) in [7, 11) is 3.36. The molecule has 176 valence electrons. The number of allylic oxidation sites excluding steroid dienone is 9. The molecule has 0 bridgehead atoms. The number of benzene rings is 1. The molecule has 0 fully saturated rings. The maximum absolute atomic E-state index is 12.7. The van der Waals surface area contributed by atoms with Crippen LogP contribution in [0.3, 0.4) is 0 Å². The van der Waals surface area contributed by atoms with Crippen molar-refractivity contribution in [1.82, 2.24) is 0 Å². The maximum atomic E-state index is 12.7. The second kappa shape index (κ2) is 14.2. The van der Waals surface area contributed by atoms with Gasteiger partial charge in [0.2, 0.25) is 0 Å². The average molecular weight is 449 g/mol. The van der Waals surface area contributed by atoms with Gasteiger partial charge in [0.25, 0.3) is 0 Å². The van der Waals surface area contributed by atoms with Gasteiger partial charge in [-0.05, 0) is 56.8 Å². The van der Waals surface area contributed by atoms with Gasteiger partial charge in [0.05, 0.1) is 19.5 Å². The van der Waals surface area contributed by atoms with Crippen LogP contribution in [0.1, 0.15) is 66.7 Å². The third kappa shape index (κ3) is 8.47. The zero-order valence-corrected chi connectivity index (χ0v) is 20.3. The smallest absolute Gasteiger partial charge is 0.192 e. The molecule has 0 aromatic heterocycles. The lowest BCUT2D eigenvalue weighted by Gasteiger charge is -2.14. The second-order valence-electron chi connectivity index (χ2n) is 8.17. The number of carbonyl (C=O) groups excluding carboxylic acids is 2. The molecule has 0 spiro atoms. The van der Waals surface area contributed by atoms with Gasteiger partial charge in [0.15, 0.2) is 11.6 Å². The quantitative estimate of drug-likeness (QED) is 0.144. The van der Waals surface area contributed by atoms with Crippen LogP contribution in [0.25, 0.3) is 0 Å². The first-order valence-electron chi connectivity index (χ1n) is 11.6. The Kier molecular flexibility index (Phi) is 11.3. The number of hydrogen-bond donors (Lipinski definition) is 0. The van der Waals surface area contributed by atoms with Gasteiger partial charge in [-0.25, -0.2) is 0 Å². The lowest BCUT2D eigenvalue weighted by molar-refractivity contribution is 0.103. The molecule has 1 unspecified atom stereocenters. The molecule has 4 nitrogen and oxygen atoms in total. The van der Waals surface area contributed by atoms with E-state index in [1.807, 2.05) is 43.4 Å². The third-order valence-corrected chi connectivity index (χ3v) is 5.76. The van der Waals surface area contributed by atoms with E-state index in [2.05, 4.69) is 6.92 Å². The Hall–Kier alpha value is -2.98. The van der Waals surface area contributed by atoms with Gasteiger partial charge in [-0.3, -0.25) is 9.59 Å². The molecule has 0 N–H and O–H groups in total. The van der Waals surface area contributed by atoms with Crippen LogP contribution in [0.4, 0.5) is 0 Å². The molecule has 0 aliphatic heterocycles. The lowest BCUT2D eigenvalue weighted by atomic mass is 9.96. The van der Waals surface area contributed by atoms with Crippen molar-refractivity contribution < 1.29 is 19.1 Å². The first-order valence-corrected chi connectivity index (χ1v) is 11.6. The van der Waals surface area contributed by atoms with E-state index in [9.17, 15) is 9.59 Å². The van der Waals surface area contributed by atoms with Crippen LogP contribution in [0.5, 0.6) is 0 Å². The molecule has 0 saturated heterocycles. The van der Waals surface area contributed by atoms with E-state index < -0.39 is 0 Å². The van der Waals surface area contributed by atoms with Gasteiger partial charge in [-0.2, -0.15) is 0 Å². The fraction of sp³-hybridized carbons (Fsp3) is 0.379. The molecule has 1 aromatic carbocycles. The first kappa shape index (κ1) is 26.3. The third-order valence-electron chi connectivity index (χ3n) is 5.76. The molecular weight excluding hydrogens is 412 g/mol. The van der Waals surface area contributed by atoms with Gasteiger partial charge in [0, 0.05) is 29.7 Å². The molecule has 1 atom stereocenters. The summed E-state index contributed by atoms with van der Waals surface area (Å²) in [5.74, 6) is 1.27. The van der Waals surface area contributed by atoms with Gasteiger partial charge in [-0.15, -0.1) is 0 Å². The number of hydrogen-bond acceptors (Lipinski definition) is 4. The molecule has 33 heavy (non-hydrogen) atoms. The Morgan fingerprint density at radius 1 is 1.06 bits per heavy atom. The van der Waals surface area contributed by atoms with E-state index in [0.717, 1.165) is 49.0 Å². The molecule has 4 heteroatoms. The zero-order valence-electron chi connectivity index (χ0n) is 20.3. The van der Waals surface area contributed by atoms with Crippen LogP contribution in [0, 0.1) is 5.92 Å². The summed E-state index contributed by atoms with van der Waals surface area (Å²) in [6.45, 7) is 4.65. The Balaban J connectivity index is 1.98. The summed E-state index contributed by atoms with van der Waals surface area (Å²) in [5, 5.41) is 0. The highest BCUT2D eigenvalue weighted by atomic mass is 16.5. The normalized spacial score (nSPS) is 15.5. The van der Waals surface area contributed by atoms with Gasteiger partial charge >= 0.3 is 0 Å². The molecule has 2 rings (SSSR count). The molecule has 0 amide bonds.